The number of nitrogens with zero attached hydrogens (tertiary/aromatic N) is 1. The van der Waals surface area contributed by atoms with Gasteiger partial charge in [-0.1, -0.05) is 13.0 Å². The molecule has 1 fully saturated rings. The molecule has 1 aromatic rings. The second-order valence-electron chi connectivity index (χ2n) is 5.39. The van der Waals surface area contributed by atoms with E-state index in [1.165, 1.54) is 12.8 Å². The second-order valence-corrected chi connectivity index (χ2v) is 5.39. The first kappa shape index (κ1) is 15.0. The van der Waals surface area contributed by atoms with Crippen LogP contribution in [0.25, 0.3) is 0 Å². The van der Waals surface area contributed by atoms with Crippen LogP contribution >= 0.6 is 0 Å². The van der Waals surface area contributed by atoms with Crippen LogP contribution in [0.1, 0.15) is 39.0 Å². The van der Waals surface area contributed by atoms with Crippen molar-refractivity contribution in [3.8, 4) is 5.75 Å². The molecule has 20 heavy (non-hydrogen) atoms. The van der Waals surface area contributed by atoms with Crippen molar-refractivity contribution in [2.24, 2.45) is 0 Å². The van der Waals surface area contributed by atoms with Crippen molar-refractivity contribution in [2.45, 2.75) is 45.1 Å². The van der Waals surface area contributed by atoms with Gasteiger partial charge in [0.15, 0.2) is 0 Å². The van der Waals surface area contributed by atoms with E-state index >= 15 is 0 Å². The van der Waals surface area contributed by atoms with Crippen molar-refractivity contribution < 1.29 is 9.84 Å². The minimum Gasteiger partial charge on any atom is -0.491 e. The highest BCUT2D eigenvalue weighted by Gasteiger charge is 2.24. The third-order valence-corrected chi connectivity index (χ3v) is 3.90. The fourth-order valence-electron chi connectivity index (χ4n) is 2.89. The first-order valence-corrected chi connectivity index (χ1v) is 7.66. The lowest BCUT2D eigenvalue weighted by Gasteiger charge is -2.38. The van der Waals surface area contributed by atoms with E-state index in [0.717, 1.165) is 42.9 Å². The van der Waals surface area contributed by atoms with Crippen LogP contribution < -0.4 is 15.4 Å². The Morgan fingerprint density at radius 1 is 1.40 bits per heavy atom. The van der Waals surface area contributed by atoms with Crippen LogP contribution in [0.15, 0.2) is 18.2 Å². The largest absolute Gasteiger partial charge is 0.491 e. The lowest BCUT2D eigenvalue weighted by molar-refractivity contribution is 0.262. The summed E-state index contributed by atoms with van der Waals surface area (Å²) >= 11 is 0. The SMILES string of the molecule is CCCOc1cccc(N2CCCCC2CCO)c1N. The maximum Gasteiger partial charge on any atom is 0.144 e. The smallest absolute Gasteiger partial charge is 0.144 e. The molecule has 2 rings (SSSR count). The fraction of sp³-hybridized carbons (Fsp3) is 0.625. The molecule has 1 aromatic carbocycles. The molecule has 1 aliphatic heterocycles. The standard InChI is InChI=1S/C16H26N2O2/c1-2-12-20-15-8-5-7-14(16(15)17)18-10-4-3-6-13(18)9-11-19/h5,7-8,13,19H,2-4,6,9-12,17H2,1H3. The van der Waals surface area contributed by atoms with Crippen LogP contribution in [0.4, 0.5) is 11.4 Å². The normalized spacial score (nSPS) is 19.1. The van der Waals surface area contributed by atoms with Crippen LogP contribution in [0.3, 0.4) is 0 Å². The van der Waals surface area contributed by atoms with Gasteiger partial charge in [0.1, 0.15) is 5.75 Å². The first-order chi connectivity index (χ1) is 9.77. The number of para-hydroxylation sites is 1. The summed E-state index contributed by atoms with van der Waals surface area (Å²) in [4.78, 5) is 2.34. The van der Waals surface area contributed by atoms with E-state index < -0.39 is 0 Å². The van der Waals surface area contributed by atoms with E-state index in [-0.39, 0.29) is 6.61 Å². The molecule has 4 nitrogen and oxygen atoms in total. The van der Waals surface area contributed by atoms with Crippen molar-refractivity contribution in [3.05, 3.63) is 18.2 Å². The monoisotopic (exact) mass is 278 g/mol. The minimum atomic E-state index is 0.229. The zero-order valence-electron chi connectivity index (χ0n) is 12.3. The third-order valence-electron chi connectivity index (χ3n) is 3.90. The summed E-state index contributed by atoms with van der Waals surface area (Å²) in [6, 6.07) is 6.38. The van der Waals surface area contributed by atoms with Gasteiger partial charge in [0, 0.05) is 19.2 Å². The number of benzene rings is 1. The second kappa shape index (κ2) is 7.39. The van der Waals surface area contributed by atoms with Gasteiger partial charge in [-0.15, -0.1) is 0 Å². The predicted molar refractivity (Wildman–Crippen MR) is 83.3 cm³/mol. The lowest BCUT2D eigenvalue weighted by atomic mass is 9.98. The summed E-state index contributed by atoms with van der Waals surface area (Å²) in [5.41, 5.74) is 8.06. The molecule has 1 unspecified atom stereocenters. The number of hydrogen-bond acceptors (Lipinski definition) is 4. The predicted octanol–water partition coefficient (Wildman–Crippen LogP) is 2.80. The van der Waals surface area contributed by atoms with Crippen molar-refractivity contribution in [3.63, 3.8) is 0 Å². The van der Waals surface area contributed by atoms with E-state index in [1.807, 2.05) is 12.1 Å². The number of nitrogen functional groups attached to an aromatic ring is 1. The molecule has 1 heterocycles. The molecular formula is C16H26N2O2. The van der Waals surface area contributed by atoms with Crippen LogP contribution in [0.2, 0.25) is 0 Å². The van der Waals surface area contributed by atoms with Gasteiger partial charge < -0.3 is 20.5 Å². The van der Waals surface area contributed by atoms with Gasteiger partial charge in [-0.05, 0) is 44.2 Å². The summed E-state index contributed by atoms with van der Waals surface area (Å²) in [5.74, 6) is 0.776. The van der Waals surface area contributed by atoms with Crippen LogP contribution in [-0.4, -0.2) is 30.9 Å². The van der Waals surface area contributed by atoms with Crippen molar-refractivity contribution >= 4 is 11.4 Å². The highest BCUT2D eigenvalue weighted by molar-refractivity contribution is 5.74. The van der Waals surface area contributed by atoms with E-state index in [1.54, 1.807) is 0 Å². The summed E-state index contributed by atoms with van der Waals surface area (Å²) in [7, 11) is 0. The number of anilines is 2. The maximum absolute atomic E-state index is 9.24. The Labute approximate surface area is 121 Å². The number of hydrogen-bond donors (Lipinski definition) is 2. The molecule has 4 heteroatoms. The number of ether oxygens (including phenoxy) is 1. The third kappa shape index (κ3) is 3.37. The molecule has 0 saturated carbocycles. The fourth-order valence-corrected chi connectivity index (χ4v) is 2.89. The van der Waals surface area contributed by atoms with Gasteiger partial charge in [0.2, 0.25) is 0 Å². The van der Waals surface area contributed by atoms with Crippen molar-refractivity contribution in [1.82, 2.24) is 0 Å². The van der Waals surface area contributed by atoms with Gasteiger partial charge in [-0.2, -0.15) is 0 Å². The van der Waals surface area contributed by atoms with E-state index in [2.05, 4.69) is 17.9 Å². The Morgan fingerprint density at radius 3 is 3.00 bits per heavy atom. The van der Waals surface area contributed by atoms with Gasteiger partial charge in [-0.3, -0.25) is 0 Å². The Hall–Kier alpha value is -1.42. The van der Waals surface area contributed by atoms with Gasteiger partial charge in [0.25, 0.3) is 0 Å². The number of piperidine rings is 1. The van der Waals surface area contributed by atoms with Gasteiger partial charge >= 0.3 is 0 Å². The average Bonchev–Trinajstić information content (AvgIpc) is 2.47. The van der Waals surface area contributed by atoms with E-state index in [0.29, 0.717) is 12.6 Å². The maximum atomic E-state index is 9.24. The number of nitrogens with two attached hydrogens (primary N) is 1. The molecule has 0 aromatic heterocycles. The number of rotatable bonds is 6. The van der Waals surface area contributed by atoms with Crippen LogP contribution in [0, 0.1) is 0 Å². The molecule has 3 N–H and O–H groups in total. The van der Waals surface area contributed by atoms with Crippen LogP contribution in [0.5, 0.6) is 5.75 Å². The number of aliphatic hydroxyl groups excluding tert-OH is 1. The Bertz CT molecular complexity index is 421. The average molecular weight is 278 g/mol. The molecule has 0 bridgehead atoms. The quantitative estimate of drug-likeness (QED) is 0.786. The summed E-state index contributed by atoms with van der Waals surface area (Å²) in [5, 5.41) is 9.24. The van der Waals surface area contributed by atoms with E-state index in [9.17, 15) is 5.11 Å². The topological polar surface area (TPSA) is 58.7 Å². The molecule has 112 valence electrons. The van der Waals surface area contributed by atoms with Crippen molar-refractivity contribution in [2.75, 3.05) is 30.4 Å². The van der Waals surface area contributed by atoms with Gasteiger partial charge in [0.05, 0.1) is 18.0 Å². The van der Waals surface area contributed by atoms with E-state index in [4.69, 9.17) is 10.5 Å². The molecule has 0 aliphatic carbocycles. The minimum absolute atomic E-state index is 0.229. The molecule has 0 radical (unpaired) electrons. The van der Waals surface area contributed by atoms with Crippen molar-refractivity contribution in [1.29, 1.82) is 0 Å². The Morgan fingerprint density at radius 2 is 2.25 bits per heavy atom. The molecule has 0 amide bonds. The molecule has 1 saturated heterocycles. The van der Waals surface area contributed by atoms with Gasteiger partial charge in [-0.25, -0.2) is 0 Å². The summed E-state index contributed by atoms with van der Waals surface area (Å²) in [6.07, 6.45) is 5.31. The zero-order chi connectivity index (χ0) is 14.4. The highest BCUT2D eigenvalue weighted by Crippen LogP contribution is 2.36. The lowest BCUT2D eigenvalue weighted by Crippen LogP contribution is -2.40. The summed E-state index contributed by atoms with van der Waals surface area (Å²) < 4.78 is 5.71. The molecule has 1 aliphatic rings. The van der Waals surface area contributed by atoms with Crippen LogP contribution in [-0.2, 0) is 0 Å². The summed E-state index contributed by atoms with van der Waals surface area (Å²) in [6.45, 7) is 4.01. The Kier molecular flexibility index (Phi) is 5.53. The highest BCUT2D eigenvalue weighted by atomic mass is 16.5. The zero-order valence-corrected chi connectivity index (χ0v) is 12.3. The molecule has 1 atom stereocenters. The first-order valence-electron chi connectivity index (χ1n) is 7.66. The molecule has 0 spiro atoms. The Balaban J connectivity index is 2.21. The molecular weight excluding hydrogens is 252 g/mol. The number of aliphatic hydroxyl groups is 1.